The molecule has 0 bridgehead atoms. The zero-order valence-corrected chi connectivity index (χ0v) is 20.8. The minimum absolute atomic E-state index is 0.0285. The Morgan fingerprint density at radius 2 is 1.74 bits per heavy atom. The molecule has 1 aliphatic heterocycles. The molecule has 2 amide bonds. The normalized spacial score (nSPS) is 25.7. The van der Waals surface area contributed by atoms with Crippen molar-refractivity contribution in [2.45, 2.75) is 55.2 Å². The van der Waals surface area contributed by atoms with Crippen LogP contribution in [0.25, 0.3) is 0 Å². The summed E-state index contributed by atoms with van der Waals surface area (Å²) in [6, 6.07) is 0. The number of carbonyl (C=O) groups excluding carboxylic acids is 2. The van der Waals surface area contributed by atoms with Crippen LogP contribution in [0.15, 0.2) is 23.8 Å². The maximum absolute atomic E-state index is 15.1. The molecule has 17 heteroatoms. The van der Waals surface area contributed by atoms with Crippen LogP contribution in [0, 0.1) is 5.92 Å². The van der Waals surface area contributed by atoms with Crippen molar-refractivity contribution in [3.63, 3.8) is 0 Å². The molecular formula is C21H26F7N3O6S. The van der Waals surface area contributed by atoms with Crippen molar-refractivity contribution >= 4 is 22.0 Å². The van der Waals surface area contributed by atoms with Gasteiger partial charge in [-0.3, -0.25) is 9.52 Å². The fourth-order valence-corrected chi connectivity index (χ4v) is 5.12. The van der Waals surface area contributed by atoms with Gasteiger partial charge in [-0.1, -0.05) is 6.08 Å². The van der Waals surface area contributed by atoms with Gasteiger partial charge in [0.15, 0.2) is 12.1 Å². The molecule has 1 saturated heterocycles. The molecule has 3 unspecified atom stereocenters. The van der Waals surface area contributed by atoms with Crippen molar-refractivity contribution < 1.29 is 58.2 Å². The Bertz CT molecular complexity index is 1050. The highest BCUT2D eigenvalue weighted by Gasteiger charge is 2.63. The number of rotatable bonds is 8. The van der Waals surface area contributed by atoms with Crippen LogP contribution in [0.1, 0.15) is 19.8 Å². The van der Waals surface area contributed by atoms with Crippen LogP contribution in [0.2, 0.25) is 0 Å². The molecule has 9 nitrogen and oxygen atoms in total. The van der Waals surface area contributed by atoms with Gasteiger partial charge in [-0.25, -0.2) is 17.6 Å². The summed E-state index contributed by atoms with van der Waals surface area (Å²) in [4.78, 5) is 25.3. The Morgan fingerprint density at radius 3 is 2.24 bits per heavy atom. The largest absolute Gasteiger partial charge is 0.440 e. The summed E-state index contributed by atoms with van der Waals surface area (Å²) in [5, 5.41) is 2.13. The number of hydrogen-bond acceptors (Lipinski definition) is 7. The van der Waals surface area contributed by atoms with Gasteiger partial charge in [0, 0.05) is 26.2 Å². The summed E-state index contributed by atoms with van der Waals surface area (Å²) >= 11 is 0. The quantitative estimate of drug-likeness (QED) is 0.423. The Morgan fingerprint density at radius 1 is 1.16 bits per heavy atom. The van der Waals surface area contributed by atoms with Crippen molar-refractivity contribution in [1.82, 2.24) is 14.9 Å². The third kappa shape index (κ3) is 7.37. The molecule has 0 radical (unpaired) electrons. The summed E-state index contributed by atoms with van der Waals surface area (Å²) in [7, 11) is -3.92. The topological polar surface area (TPSA) is 114 Å². The molecule has 1 heterocycles. The predicted octanol–water partition coefficient (Wildman–Crippen LogP) is 2.36. The summed E-state index contributed by atoms with van der Waals surface area (Å²) < 4.78 is 132. The van der Waals surface area contributed by atoms with Gasteiger partial charge in [0.2, 0.25) is 10.0 Å². The number of nitrogens with zero attached hydrogens (tertiary/aromatic N) is 1. The Balaban J connectivity index is 1.80. The number of halogens is 7. The number of carbonyl (C=O) groups is 2. The number of ether oxygens (including phenoxy) is 2. The molecule has 216 valence electrons. The number of piperazine rings is 1. The smallest absolute Gasteiger partial charge is 0.410 e. The second-order valence-corrected chi connectivity index (χ2v) is 11.2. The van der Waals surface area contributed by atoms with Crippen LogP contribution >= 0.6 is 0 Å². The second-order valence-electron chi connectivity index (χ2n) is 9.25. The van der Waals surface area contributed by atoms with Crippen LogP contribution in [0.3, 0.4) is 0 Å². The molecule has 3 aliphatic rings. The summed E-state index contributed by atoms with van der Waals surface area (Å²) in [5.41, 5.74) is -2.97. The highest BCUT2D eigenvalue weighted by Crippen LogP contribution is 2.45. The minimum Gasteiger partial charge on any atom is -0.440 e. The molecule has 0 spiro atoms. The maximum Gasteiger partial charge on any atom is 0.410 e. The van der Waals surface area contributed by atoms with Crippen molar-refractivity contribution in [3.8, 4) is 0 Å². The third-order valence-electron chi connectivity index (χ3n) is 6.17. The fourth-order valence-electron chi connectivity index (χ4n) is 3.82. The van der Waals surface area contributed by atoms with E-state index in [1.165, 1.54) is 0 Å². The minimum atomic E-state index is -5.91. The van der Waals surface area contributed by atoms with E-state index in [1.54, 1.807) is 4.72 Å². The average molecular weight is 582 g/mol. The van der Waals surface area contributed by atoms with Crippen LogP contribution in [0.5, 0.6) is 0 Å². The molecule has 1 saturated carbocycles. The first kappa shape index (κ1) is 30.1. The molecule has 2 N–H and O–H groups in total. The first-order valence-electron chi connectivity index (χ1n) is 11.5. The van der Waals surface area contributed by atoms with Gasteiger partial charge in [-0.05, 0) is 37.5 Å². The van der Waals surface area contributed by atoms with Gasteiger partial charge in [-0.15, -0.1) is 0 Å². The lowest BCUT2D eigenvalue weighted by Crippen LogP contribution is -2.52. The van der Waals surface area contributed by atoms with E-state index in [4.69, 9.17) is 9.47 Å². The van der Waals surface area contributed by atoms with Crippen molar-refractivity contribution in [1.29, 1.82) is 0 Å². The molecule has 0 aromatic rings. The van der Waals surface area contributed by atoms with Crippen LogP contribution in [0.4, 0.5) is 35.5 Å². The standard InChI is InChI=1S/C21H26F7N3O6S/c1-19(36-11-15(32)30-38(34,35)13-2-3-13)5-4-12(10-14(19)22)16(17(20(23,24)25)21(26,27)28)37-18(33)31-8-6-29-7-9-31/h4-5,10,13-14,16-17,29H,2-3,6-9,11H2,1H3,(H,30,32). The molecule has 2 fully saturated rings. The van der Waals surface area contributed by atoms with E-state index in [0.29, 0.717) is 25.0 Å². The summed E-state index contributed by atoms with van der Waals surface area (Å²) in [6.07, 6.45) is -16.0. The van der Waals surface area contributed by atoms with Gasteiger partial charge in [0.05, 0.1) is 5.25 Å². The van der Waals surface area contributed by atoms with Gasteiger partial charge in [-0.2, -0.15) is 26.3 Å². The van der Waals surface area contributed by atoms with Crippen molar-refractivity contribution in [2.75, 3.05) is 32.8 Å². The number of nitrogens with one attached hydrogen (secondary N) is 2. The molecule has 0 aromatic heterocycles. The summed E-state index contributed by atoms with van der Waals surface area (Å²) in [6.45, 7) is 0.505. The lowest BCUT2D eigenvalue weighted by atomic mass is 9.85. The molecule has 2 aliphatic carbocycles. The molecular weight excluding hydrogens is 555 g/mol. The molecule has 3 atom stereocenters. The highest BCUT2D eigenvalue weighted by molar-refractivity contribution is 7.90. The Kier molecular flexibility index (Phi) is 8.72. The fraction of sp³-hybridized carbons (Fsp3) is 0.714. The van der Waals surface area contributed by atoms with Gasteiger partial charge >= 0.3 is 18.4 Å². The number of sulfonamides is 1. The monoisotopic (exact) mass is 581 g/mol. The van der Waals surface area contributed by atoms with E-state index in [2.05, 4.69) is 5.32 Å². The van der Waals surface area contributed by atoms with E-state index >= 15 is 4.39 Å². The zero-order chi connectivity index (χ0) is 28.5. The third-order valence-corrected chi connectivity index (χ3v) is 8.03. The second kappa shape index (κ2) is 11.0. The van der Waals surface area contributed by atoms with Gasteiger partial charge in [0.1, 0.15) is 18.3 Å². The van der Waals surface area contributed by atoms with E-state index in [0.717, 1.165) is 17.9 Å². The lowest BCUT2D eigenvalue weighted by Gasteiger charge is -2.37. The first-order valence-corrected chi connectivity index (χ1v) is 13.0. The van der Waals surface area contributed by atoms with Crippen molar-refractivity contribution in [3.05, 3.63) is 23.8 Å². The van der Waals surface area contributed by atoms with Crippen molar-refractivity contribution in [2.24, 2.45) is 5.92 Å². The van der Waals surface area contributed by atoms with E-state index in [-0.39, 0.29) is 26.2 Å². The average Bonchev–Trinajstić information content (AvgIpc) is 3.64. The summed E-state index contributed by atoms with van der Waals surface area (Å²) in [5.74, 6) is -5.29. The first-order chi connectivity index (χ1) is 17.4. The molecule has 38 heavy (non-hydrogen) atoms. The van der Waals surface area contributed by atoms with E-state index in [9.17, 15) is 44.3 Å². The van der Waals surface area contributed by atoms with E-state index in [1.807, 2.05) is 0 Å². The molecule has 3 rings (SSSR count). The molecule has 0 aromatic carbocycles. The predicted molar refractivity (Wildman–Crippen MR) is 117 cm³/mol. The van der Waals surface area contributed by atoms with Gasteiger partial charge < -0.3 is 19.7 Å². The zero-order valence-electron chi connectivity index (χ0n) is 19.9. The van der Waals surface area contributed by atoms with Crippen LogP contribution < -0.4 is 10.0 Å². The van der Waals surface area contributed by atoms with Gasteiger partial charge in [0.25, 0.3) is 5.91 Å². The number of amides is 2. The van der Waals surface area contributed by atoms with E-state index < -0.39 is 75.6 Å². The highest BCUT2D eigenvalue weighted by atomic mass is 32.2. The number of alkyl halides is 7. The Labute approximate surface area is 213 Å². The number of hydrogen-bond donors (Lipinski definition) is 2. The SMILES string of the molecule is CC1(OCC(=O)NS(=O)(=O)C2CC2)C=CC(C(OC(=O)N2CCNCC2)C(C(F)(F)F)C(F)(F)F)=CC1F. The maximum atomic E-state index is 15.1. The Hall–Kier alpha value is -2.40. The van der Waals surface area contributed by atoms with Crippen LogP contribution in [-0.2, 0) is 24.3 Å². The lowest BCUT2D eigenvalue weighted by molar-refractivity contribution is -0.301. The van der Waals surface area contributed by atoms with Crippen LogP contribution in [-0.4, -0.2) is 93.6 Å².